The van der Waals surface area contributed by atoms with Gasteiger partial charge in [-0.15, -0.1) is 10.2 Å². The number of imidazole rings is 1. The number of unbranched alkanes of at least 4 members (excludes halogenated alkanes) is 2. The van der Waals surface area contributed by atoms with Crippen molar-refractivity contribution in [3.05, 3.63) is 117 Å². The third-order valence-corrected chi connectivity index (χ3v) is 7.70. The summed E-state index contributed by atoms with van der Waals surface area (Å²) < 4.78 is 3.57. The minimum absolute atomic E-state index is 0.302. The third kappa shape index (κ3) is 5.18. The number of nitrogens with one attached hydrogen (secondary N) is 2. The Labute approximate surface area is 242 Å². The monoisotopic (exact) mass is 560 g/mol. The zero-order valence-electron chi connectivity index (χ0n) is 23.6. The molecule has 3 heterocycles. The first kappa shape index (κ1) is 27.1. The summed E-state index contributed by atoms with van der Waals surface area (Å²) in [5.41, 5.74) is 4.81. The average Bonchev–Trinajstić information content (AvgIpc) is 3.67. The van der Waals surface area contributed by atoms with Gasteiger partial charge in [0.2, 0.25) is 5.82 Å². The summed E-state index contributed by atoms with van der Waals surface area (Å²) in [5, 5.41) is 14.5. The van der Waals surface area contributed by atoms with E-state index < -0.39 is 11.2 Å². The molecule has 10 nitrogen and oxygen atoms in total. The first-order valence-electron chi connectivity index (χ1n) is 14.3. The molecule has 42 heavy (non-hydrogen) atoms. The van der Waals surface area contributed by atoms with Gasteiger partial charge in [0.25, 0.3) is 5.56 Å². The summed E-state index contributed by atoms with van der Waals surface area (Å²) in [5.74, 6) is 1.33. The number of tetrazole rings is 1. The molecule has 0 amide bonds. The predicted octanol–water partition coefficient (Wildman–Crippen LogP) is 5.12. The summed E-state index contributed by atoms with van der Waals surface area (Å²) in [6, 6.07) is 25.6. The summed E-state index contributed by atoms with van der Waals surface area (Å²) in [7, 11) is 0. The van der Waals surface area contributed by atoms with Gasteiger partial charge in [0.15, 0.2) is 11.2 Å². The van der Waals surface area contributed by atoms with Gasteiger partial charge in [-0.1, -0.05) is 98.6 Å². The molecule has 2 N–H and O–H groups in total. The molecule has 6 rings (SSSR count). The van der Waals surface area contributed by atoms with E-state index in [-0.39, 0.29) is 6.04 Å². The second kappa shape index (κ2) is 11.8. The molecule has 0 aliphatic rings. The Bertz CT molecular complexity index is 1920. The highest BCUT2D eigenvalue weighted by Crippen LogP contribution is 2.30. The number of hydrogen-bond acceptors (Lipinski definition) is 6. The van der Waals surface area contributed by atoms with Crippen LogP contribution in [0.2, 0.25) is 0 Å². The van der Waals surface area contributed by atoms with E-state index in [4.69, 9.17) is 4.98 Å². The lowest BCUT2D eigenvalue weighted by molar-refractivity contribution is 0.614. The van der Waals surface area contributed by atoms with Crippen LogP contribution in [0, 0.1) is 0 Å². The second-order valence-electron chi connectivity index (χ2n) is 10.4. The van der Waals surface area contributed by atoms with Crippen LogP contribution in [0.15, 0.2) is 88.5 Å². The molecule has 0 spiro atoms. The largest absolute Gasteiger partial charge is 0.330 e. The van der Waals surface area contributed by atoms with Crippen molar-refractivity contribution < 1.29 is 0 Å². The van der Waals surface area contributed by atoms with Gasteiger partial charge in [-0.2, -0.15) is 5.21 Å². The molecule has 3 aromatic carbocycles. The molecule has 0 saturated carbocycles. The van der Waals surface area contributed by atoms with Crippen LogP contribution in [0.1, 0.15) is 56.1 Å². The Kier molecular flexibility index (Phi) is 7.59. The van der Waals surface area contributed by atoms with Crippen LogP contribution < -0.4 is 11.2 Å². The molecule has 0 aliphatic carbocycles. The number of fused-ring (bicyclic) bond motifs is 1. The summed E-state index contributed by atoms with van der Waals surface area (Å²) >= 11 is 0. The quantitative estimate of drug-likeness (QED) is 0.224. The number of benzene rings is 3. The van der Waals surface area contributed by atoms with E-state index in [2.05, 4.69) is 56.8 Å². The van der Waals surface area contributed by atoms with E-state index in [9.17, 15) is 9.59 Å². The van der Waals surface area contributed by atoms with Crippen molar-refractivity contribution in [3.8, 4) is 22.5 Å². The molecule has 1 atom stereocenters. The Hall–Kier alpha value is -5.12. The number of rotatable bonds is 10. The summed E-state index contributed by atoms with van der Waals surface area (Å²) in [6.07, 6.45) is 3.79. The van der Waals surface area contributed by atoms with Crippen LogP contribution in [-0.2, 0) is 13.0 Å². The number of aromatic amines is 2. The van der Waals surface area contributed by atoms with Crippen molar-refractivity contribution >= 4 is 11.2 Å². The van der Waals surface area contributed by atoms with E-state index in [1.165, 1.54) is 0 Å². The van der Waals surface area contributed by atoms with Crippen LogP contribution in [0.3, 0.4) is 0 Å². The van der Waals surface area contributed by atoms with E-state index in [0.29, 0.717) is 30.0 Å². The maximum absolute atomic E-state index is 13.3. The van der Waals surface area contributed by atoms with Crippen molar-refractivity contribution in [3.63, 3.8) is 0 Å². The third-order valence-electron chi connectivity index (χ3n) is 7.70. The van der Waals surface area contributed by atoms with Gasteiger partial charge < -0.3 is 4.57 Å². The van der Waals surface area contributed by atoms with Crippen LogP contribution >= 0.6 is 0 Å². The Morgan fingerprint density at radius 2 is 1.62 bits per heavy atom. The predicted molar refractivity (Wildman–Crippen MR) is 162 cm³/mol. The Morgan fingerprint density at radius 3 is 2.33 bits per heavy atom. The summed E-state index contributed by atoms with van der Waals surface area (Å²) in [4.78, 5) is 33.9. The second-order valence-corrected chi connectivity index (χ2v) is 10.4. The molecule has 0 fully saturated rings. The Morgan fingerprint density at radius 1 is 0.881 bits per heavy atom. The molecule has 0 saturated heterocycles. The fourth-order valence-corrected chi connectivity index (χ4v) is 5.50. The first-order chi connectivity index (χ1) is 20.5. The fraction of sp³-hybridized carbons (Fsp3) is 0.250. The number of hydrogen-bond donors (Lipinski definition) is 2. The number of aromatic nitrogens is 8. The van der Waals surface area contributed by atoms with Crippen molar-refractivity contribution in [1.82, 2.24) is 39.7 Å². The van der Waals surface area contributed by atoms with Gasteiger partial charge in [-0.05, 0) is 40.8 Å². The van der Waals surface area contributed by atoms with Crippen LogP contribution in [-0.4, -0.2) is 39.7 Å². The molecular weight excluding hydrogens is 528 g/mol. The minimum atomic E-state index is -0.460. The Balaban J connectivity index is 1.41. The summed E-state index contributed by atoms with van der Waals surface area (Å²) in [6.45, 7) is 4.56. The molecule has 0 bridgehead atoms. The highest BCUT2D eigenvalue weighted by Gasteiger charge is 2.22. The molecule has 6 aromatic rings. The standard InChI is InChI=1S/C32H32N8O2/c1-3-4-6-15-27-33-30-28(31(41)34-32(42)40(30)21(2)23-11-7-5-8-12-23)39(27)20-22-16-18-24(19-17-22)25-13-9-10-14-26(25)29-35-37-38-36-29/h5,7-14,16-19,21H,3-4,6,15,20H2,1-2H3,(H,34,41,42)(H,35,36,37,38). The number of nitrogens with zero attached hydrogens (tertiary/aromatic N) is 6. The van der Waals surface area contributed by atoms with Crippen LogP contribution in [0.4, 0.5) is 0 Å². The first-order valence-corrected chi connectivity index (χ1v) is 14.3. The fourth-order valence-electron chi connectivity index (χ4n) is 5.50. The van der Waals surface area contributed by atoms with E-state index in [1.54, 1.807) is 4.57 Å². The van der Waals surface area contributed by atoms with Gasteiger partial charge in [0.1, 0.15) is 5.82 Å². The van der Waals surface area contributed by atoms with Crippen molar-refractivity contribution in [2.45, 2.75) is 52.1 Å². The molecule has 1 unspecified atom stereocenters. The molecule has 0 aliphatic heterocycles. The number of aryl methyl sites for hydroxylation is 1. The van der Waals surface area contributed by atoms with Gasteiger partial charge in [-0.3, -0.25) is 14.3 Å². The van der Waals surface area contributed by atoms with E-state index >= 15 is 0 Å². The number of H-pyrrole nitrogens is 2. The van der Waals surface area contributed by atoms with Gasteiger partial charge in [0, 0.05) is 18.5 Å². The SMILES string of the molecule is CCCCCc1nc2c(c(=O)[nH]c(=O)n2C(C)c2ccccc2)n1Cc1ccc(-c2ccccc2-c2nn[nH]n2)cc1. The van der Waals surface area contributed by atoms with Crippen molar-refractivity contribution in [2.24, 2.45) is 0 Å². The van der Waals surface area contributed by atoms with Crippen LogP contribution in [0.5, 0.6) is 0 Å². The molecule has 0 radical (unpaired) electrons. The molecule has 3 aromatic heterocycles. The molecule has 212 valence electrons. The lowest BCUT2D eigenvalue weighted by atomic mass is 9.98. The average molecular weight is 561 g/mol. The smallest absolute Gasteiger partial charge is 0.318 e. The molecular formula is C32H32N8O2. The van der Waals surface area contributed by atoms with Crippen molar-refractivity contribution in [2.75, 3.05) is 0 Å². The highest BCUT2D eigenvalue weighted by molar-refractivity contribution is 5.80. The van der Waals surface area contributed by atoms with E-state index in [1.807, 2.05) is 66.1 Å². The maximum Gasteiger partial charge on any atom is 0.330 e. The zero-order valence-corrected chi connectivity index (χ0v) is 23.6. The minimum Gasteiger partial charge on any atom is -0.318 e. The lowest BCUT2D eigenvalue weighted by Crippen LogP contribution is -2.33. The zero-order chi connectivity index (χ0) is 29.1. The van der Waals surface area contributed by atoms with Crippen molar-refractivity contribution in [1.29, 1.82) is 0 Å². The highest BCUT2D eigenvalue weighted by atomic mass is 16.2. The normalized spacial score (nSPS) is 12.1. The van der Waals surface area contributed by atoms with Gasteiger partial charge in [0.05, 0.1) is 6.04 Å². The van der Waals surface area contributed by atoms with Gasteiger partial charge in [-0.25, -0.2) is 9.78 Å². The molecule has 10 heteroatoms. The van der Waals surface area contributed by atoms with E-state index in [0.717, 1.165) is 52.9 Å². The lowest BCUT2D eigenvalue weighted by Gasteiger charge is -2.16. The van der Waals surface area contributed by atoms with Gasteiger partial charge >= 0.3 is 5.69 Å². The maximum atomic E-state index is 13.3. The van der Waals surface area contributed by atoms with Crippen LogP contribution in [0.25, 0.3) is 33.7 Å². The topological polar surface area (TPSA) is 127 Å².